The molecule has 1 fully saturated rings. The molecule has 3 N–H and O–H groups in total. The van der Waals surface area contributed by atoms with Gasteiger partial charge in [0.05, 0.1) is 4.90 Å². The number of nitrogens with zero attached hydrogens (tertiary/aromatic N) is 1. The first kappa shape index (κ1) is 16.4. The third-order valence-corrected chi connectivity index (χ3v) is 5.67. The Hall–Kier alpha value is -0.950. The van der Waals surface area contributed by atoms with Crippen molar-refractivity contribution in [1.82, 2.24) is 9.62 Å². The summed E-state index contributed by atoms with van der Waals surface area (Å²) in [5.74, 6) is 0. The Balaban J connectivity index is 2.01. The molecule has 1 aliphatic carbocycles. The van der Waals surface area contributed by atoms with Crippen LogP contribution in [0.15, 0.2) is 23.1 Å². The smallest absolute Gasteiger partial charge is 0.240 e. The Morgan fingerprint density at radius 3 is 2.67 bits per heavy atom. The number of nitrogens with two attached hydrogens (primary N) is 1. The Kier molecular flexibility index (Phi) is 5.37. The average molecular weight is 311 g/mol. The topological polar surface area (TPSA) is 75.4 Å². The summed E-state index contributed by atoms with van der Waals surface area (Å²) in [6.45, 7) is 6.44. The lowest BCUT2D eigenvalue weighted by molar-refractivity contribution is 0.282. The molecule has 21 heavy (non-hydrogen) atoms. The molecule has 0 bridgehead atoms. The molecule has 0 saturated heterocycles. The number of hydrogen-bond acceptors (Lipinski definition) is 4. The molecular weight excluding hydrogens is 286 g/mol. The second-order valence-electron chi connectivity index (χ2n) is 5.50. The molecule has 0 amide bonds. The minimum Gasteiger partial charge on any atom is -0.326 e. The van der Waals surface area contributed by atoms with Crippen molar-refractivity contribution in [1.29, 1.82) is 0 Å². The van der Waals surface area contributed by atoms with Gasteiger partial charge < -0.3 is 5.73 Å². The average Bonchev–Trinajstić information content (AvgIpc) is 3.28. The molecule has 0 aliphatic heterocycles. The lowest BCUT2D eigenvalue weighted by atomic mass is 10.1. The van der Waals surface area contributed by atoms with Crippen LogP contribution in [-0.4, -0.2) is 39.0 Å². The molecule has 1 aromatic carbocycles. The maximum absolute atomic E-state index is 12.4. The summed E-state index contributed by atoms with van der Waals surface area (Å²) in [5.41, 5.74) is 7.24. The van der Waals surface area contributed by atoms with Gasteiger partial charge in [-0.2, -0.15) is 0 Å². The lowest BCUT2D eigenvalue weighted by Crippen LogP contribution is -2.36. The van der Waals surface area contributed by atoms with Crippen molar-refractivity contribution in [2.75, 3.05) is 19.6 Å². The molecule has 0 spiro atoms. The number of hydrogen-bond donors (Lipinski definition) is 2. The second kappa shape index (κ2) is 6.87. The van der Waals surface area contributed by atoms with E-state index in [2.05, 4.69) is 16.5 Å². The summed E-state index contributed by atoms with van der Waals surface area (Å²) in [5, 5.41) is 0. The van der Waals surface area contributed by atoms with Crippen LogP contribution in [-0.2, 0) is 16.6 Å². The van der Waals surface area contributed by atoms with Gasteiger partial charge in [0.1, 0.15) is 0 Å². The quantitative estimate of drug-likeness (QED) is 0.757. The van der Waals surface area contributed by atoms with Crippen LogP contribution in [0.2, 0.25) is 0 Å². The first-order chi connectivity index (χ1) is 9.99. The van der Waals surface area contributed by atoms with E-state index in [1.807, 2.05) is 6.07 Å². The number of likely N-dealkylation sites (N-methyl/N-ethyl adjacent to an activating group) is 1. The fraction of sp³-hybridized carbons (Fsp3) is 0.600. The van der Waals surface area contributed by atoms with E-state index in [4.69, 9.17) is 5.73 Å². The van der Waals surface area contributed by atoms with Crippen LogP contribution in [0.4, 0.5) is 0 Å². The van der Waals surface area contributed by atoms with E-state index >= 15 is 0 Å². The standard InChI is InChI=1S/C15H25N3O2S/c1-3-18(14-7-8-14)10-9-17-21(19,20)15-6-4-5-13(11-16)12(15)2/h4-6,14,17H,3,7-11,16H2,1-2H3. The second-order valence-corrected chi connectivity index (χ2v) is 7.24. The summed E-state index contributed by atoms with van der Waals surface area (Å²) in [4.78, 5) is 2.66. The van der Waals surface area contributed by atoms with E-state index in [9.17, 15) is 8.42 Å². The number of sulfonamides is 1. The summed E-state index contributed by atoms with van der Waals surface area (Å²) >= 11 is 0. The first-order valence-electron chi connectivity index (χ1n) is 7.52. The van der Waals surface area contributed by atoms with E-state index in [-0.39, 0.29) is 0 Å². The minimum atomic E-state index is -3.46. The van der Waals surface area contributed by atoms with Gasteiger partial charge in [-0.1, -0.05) is 19.1 Å². The summed E-state index contributed by atoms with van der Waals surface area (Å²) in [7, 11) is -3.46. The molecule has 6 heteroatoms. The fourth-order valence-electron chi connectivity index (χ4n) is 2.61. The predicted octanol–water partition coefficient (Wildman–Crippen LogP) is 1.22. The summed E-state index contributed by atoms with van der Waals surface area (Å²) < 4.78 is 27.5. The molecular formula is C15H25N3O2S. The van der Waals surface area contributed by atoms with E-state index in [0.29, 0.717) is 24.0 Å². The number of benzene rings is 1. The zero-order valence-corrected chi connectivity index (χ0v) is 13.6. The minimum absolute atomic E-state index is 0.333. The highest BCUT2D eigenvalue weighted by molar-refractivity contribution is 7.89. The van der Waals surface area contributed by atoms with Gasteiger partial charge in [-0.15, -0.1) is 0 Å². The Bertz CT molecular complexity index is 583. The van der Waals surface area contributed by atoms with Crippen molar-refractivity contribution >= 4 is 10.0 Å². The van der Waals surface area contributed by atoms with Crippen LogP contribution in [0, 0.1) is 6.92 Å². The van der Waals surface area contributed by atoms with Gasteiger partial charge >= 0.3 is 0 Å². The van der Waals surface area contributed by atoms with Crippen molar-refractivity contribution in [3.05, 3.63) is 29.3 Å². The van der Waals surface area contributed by atoms with Crippen molar-refractivity contribution in [3.8, 4) is 0 Å². The van der Waals surface area contributed by atoms with Crippen molar-refractivity contribution < 1.29 is 8.42 Å². The third-order valence-electron chi connectivity index (χ3n) is 4.07. The van der Waals surface area contributed by atoms with E-state index < -0.39 is 10.0 Å². The Morgan fingerprint density at radius 2 is 2.10 bits per heavy atom. The van der Waals surface area contributed by atoms with Crippen LogP contribution in [0.1, 0.15) is 30.9 Å². The van der Waals surface area contributed by atoms with E-state index in [1.54, 1.807) is 19.1 Å². The highest BCUT2D eigenvalue weighted by atomic mass is 32.2. The molecule has 5 nitrogen and oxygen atoms in total. The summed E-state index contributed by atoms with van der Waals surface area (Å²) in [6.07, 6.45) is 2.47. The first-order valence-corrected chi connectivity index (χ1v) is 9.00. The maximum atomic E-state index is 12.4. The van der Waals surface area contributed by atoms with Crippen molar-refractivity contribution in [3.63, 3.8) is 0 Å². The van der Waals surface area contributed by atoms with Crippen LogP contribution in [0.25, 0.3) is 0 Å². The molecule has 0 atom stereocenters. The number of nitrogens with one attached hydrogen (secondary N) is 1. The summed E-state index contributed by atoms with van der Waals surface area (Å²) in [6, 6.07) is 5.89. The molecule has 2 rings (SSSR count). The van der Waals surface area contributed by atoms with Crippen molar-refractivity contribution in [2.24, 2.45) is 5.73 Å². The maximum Gasteiger partial charge on any atom is 0.240 e. The number of rotatable bonds is 8. The highest BCUT2D eigenvalue weighted by Gasteiger charge is 2.27. The van der Waals surface area contributed by atoms with Crippen LogP contribution >= 0.6 is 0 Å². The zero-order valence-electron chi connectivity index (χ0n) is 12.8. The molecule has 0 radical (unpaired) electrons. The normalized spacial score (nSPS) is 15.6. The van der Waals surface area contributed by atoms with Crippen molar-refractivity contribution in [2.45, 2.75) is 44.2 Å². The van der Waals surface area contributed by atoms with Gasteiger partial charge in [-0.05, 0) is 43.5 Å². The molecule has 1 saturated carbocycles. The molecule has 0 unspecified atom stereocenters. The van der Waals surface area contributed by atoms with Gasteiger partial charge in [0, 0.05) is 25.7 Å². The SMILES string of the molecule is CCN(CCNS(=O)(=O)c1cccc(CN)c1C)C1CC1. The zero-order chi connectivity index (χ0) is 15.5. The van der Waals surface area contributed by atoms with Crippen LogP contribution < -0.4 is 10.5 Å². The van der Waals surface area contributed by atoms with Gasteiger partial charge in [-0.25, -0.2) is 13.1 Å². The lowest BCUT2D eigenvalue weighted by Gasteiger charge is -2.20. The predicted molar refractivity (Wildman–Crippen MR) is 84.5 cm³/mol. The Morgan fingerprint density at radius 1 is 1.38 bits per heavy atom. The highest BCUT2D eigenvalue weighted by Crippen LogP contribution is 2.26. The largest absolute Gasteiger partial charge is 0.326 e. The van der Waals surface area contributed by atoms with Gasteiger partial charge in [-0.3, -0.25) is 4.90 Å². The third kappa shape index (κ3) is 4.03. The molecule has 0 heterocycles. The van der Waals surface area contributed by atoms with Crippen LogP contribution in [0.3, 0.4) is 0 Å². The fourth-order valence-corrected chi connectivity index (χ4v) is 3.92. The monoisotopic (exact) mass is 311 g/mol. The molecule has 1 aromatic rings. The molecule has 1 aliphatic rings. The van der Waals surface area contributed by atoms with Gasteiger partial charge in [0.25, 0.3) is 0 Å². The van der Waals surface area contributed by atoms with Gasteiger partial charge in [0.2, 0.25) is 10.0 Å². The Labute approximate surface area is 127 Å². The van der Waals surface area contributed by atoms with Crippen LogP contribution in [0.5, 0.6) is 0 Å². The molecule has 0 aromatic heterocycles. The van der Waals surface area contributed by atoms with Gasteiger partial charge in [0.15, 0.2) is 0 Å². The van der Waals surface area contributed by atoms with E-state index in [0.717, 1.165) is 24.2 Å². The van der Waals surface area contributed by atoms with E-state index in [1.165, 1.54) is 12.8 Å². The molecule has 118 valence electrons.